The summed E-state index contributed by atoms with van der Waals surface area (Å²) >= 11 is 0. The van der Waals surface area contributed by atoms with E-state index in [9.17, 15) is 9.90 Å². The van der Waals surface area contributed by atoms with Crippen LogP contribution >= 0.6 is 0 Å². The molecule has 2 saturated heterocycles. The zero-order chi connectivity index (χ0) is 19.6. The molecule has 0 saturated carbocycles. The number of piperidine rings is 1. The molecule has 0 aliphatic carbocycles. The second-order valence-corrected chi connectivity index (χ2v) is 8.03. The normalized spacial score (nSPS) is 25.4. The van der Waals surface area contributed by atoms with Gasteiger partial charge in [0.25, 0.3) is 0 Å². The summed E-state index contributed by atoms with van der Waals surface area (Å²) in [5.41, 5.74) is 1.29. The number of aliphatic carboxylic acids is 1. The van der Waals surface area contributed by atoms with Crippen molar-refractivity contribution in [3.05, 3.63) is 65.7 Å². The number of carboxylic acid groups (broad SMARTS) is 1. The summed E-state index contributed by atoms with van der Waals surface area (Å²) in [5, 5.41) is 20.6. The van der Waals surface area contributed by atoms with Gasteiger partial charge in [-0.2, -0.15) is 0 Å². The molecule has 2 fully saturated rings. The van der Waals surface area contributed by atoms with Crippen LogP contribution in [0.5, 0.6) is 5.75 Å². The first-order valence-electron chi connectivity index (χ1n) is 9.98. The van der Waals surface area contributed by atoms with Gasteiger partial charge in [-0.05, 0) is 55.0 Å². The van der Waals surface area contributed by atoms with Gasteiger partial charge in [0.2, 0.25) is 0 Å². The minimum atomic E-state index is -0.987. The Morgan fingerprint density at radius 1 is 1.11 bits per heavy atom. The van der Waals surface area contributed by atoms with Crippen LogP contribution in [0.4, 0.5) is 0 Å². The molecule has 2 aliphatic rings. The third-order valence-corrected chi connectivity index (χ3v) is 6.30. The topological polar surface area (TPSA) is 70.0 Å². The van der Waals surface area contributed by atoms with E-state index in [4.69, 9.17) is 9.84 Å². The number of hydrogen-bond acceptors (Lipinski definition) is 4. The standard InChI is InChI=1S/C23H27NO4/c25-22(26)16-28-20-8-6-17(7-9-20)10-12-23(27,19-4-2-1-3-5-19)21-15-24-13-11-18(21)14-24/h1-9,18,21,27H,10-16H2,(H,25,26). The summed E-state index contributed by atoms with van der Waals surface area (Å²) in [4.78, 5) is 13.1. The molecule has 4 rings (SSSR count). The molecule has 5 nitrogen and oxygen atoms in total. The van der Waals surface area contributed by atoms with Gasteiger partial charge in [-0.25, -0.2) is 4.79 Å². The maximum Gasteiger partial charge on any atom is 0.341 e. The smallest absolute Gasteiger partial charge is 0.341 e. The first-order valence-corrected chi connectivity index (χ1v) is 9.98. The molecule has 4 atom stereocenters. The number of rotatable bonds is 8. The van der Waals surface area contributed by atoms with Gasteiger partial charge >= 0.3 is 5.97 Å². The van der Waals surface area contributed by atoms with E-state index in [2.05, 4.69) is 4.90 Å². The van der Waals surface area contributed by atoms with Crippen LogP contribution in [0.25, 0.3) is 0 Å². The quantitative estimate of drug-likeness (QED) is 0.736. The van der Waals surface area contributed by atoms with Gasteiger partial charge < -0.3 is 19.8 Å². The molecule has 2 N–H and O–H groups in total. The van der Waals surface area contributed by atoms with Crippen molar-refractivity contribution in [2.24, 2.45) is 11.8 Å². The molecule has 2 heterocycles. The van der Waals surface area contributed by atoms with Crippen molar-refractivity contribution in [2.45, 2.75) is 24.9 Å². The van der Waals surface area contributed by atoms with E-state index < -0.39 is 11.6 Å². The van der Waals surface area contributed by atoms with Crippen molar-refractivity contribution in [3.8, 4) is 5.75 Å². The minimum absolute atomic E-state index is 0.266. The molecule has 2 bridgehead atoms. The highest BCUT2D eigenvalue weighted by atomic mass is 16.5. The van der Waals surface area contributed by atoms with Gasteiger partial charge in [0, 0.05) is 19.0 Å². The Morgan fingerprint density at radius 2 is 1.86 bits per heavy atom. The third-order valence-electron chi connectivity index (χ3n) is 6.30. The molecular formula is C23H27NO4. The number of carbonyl (C=O) groups is 1. The van der Waals surface area contributed by atoms with Crippen molar-refractivity contribution < 1.29 is 19.7 Å². The molecule has 0 aromatic heterocycles. The summed E-state index contributed by atoms with van der Waals surface area (Å²) in [5.74, 6) is 0.391. The van der Waals surface area contributed by atoms with Crippen LogP contribution < -0.4 is 4.74 Å². The molecule has 0 radical (unpaired) electrons. The fraction of sp³-hybridized carbons (Fsp3) is 0.435. The van der Waals surface area contributed by atoms with Crippen LogP contribution in [0.15, 0.2) is 54.6 Å². The van der Waals surface area contributed by atoms with Gasteiger partial charge in [-0.1, -0.05) is 42.5 Å². The van der Waals surface area contributed by atoms with E-state index in [1.54, 1.807) is 12.1 Å². The zero-order valence-electron chi connectivity index (χ0n) is 16.0. The number of benzene rings is 2. The highest BCUT2D eigenvalue weighted by Crippen LogP contribution is 2.46. The predicted octanol–water partition coefficient (Wildman–Crippen LogP) is 2.92. The summed E-state index contributed by atoms with van der Waals surface area (Å²) in [6, 6.07) is 17.6. The Hall–Kier alpha value is -2.37. The van der Waals surface area contributed by atoms with E-state index in [0.29, 0.717) is 18.1 Å². The van der Waals surface area contributed by atoms with Crippen LogP contribution in [0.2, 0.25) is 0 Å². The van der Waals surface area contributed by atoms with Crippen molar-refractivity contribution in [1.82, 2.24) is 4.90 Å². The van der Waals surface area contributed by atoms with Crippen molar-refractivity contribution in [2.75, 3.05) is 26.2 Å². The number of ether oxygens (including phenoxy) is 1. The average Bonchev–Trinajstić information content (AvgIpc) is 3.36. The number of aryl methyl sites for hydroxylation is 1. The lowest BCUT2D eigenvalue weighted by atomic mass is 9.71. The third kappa shape index (κ3) is 3.91. The van der Waals surface area contributed by atoms with Crippen LogP contribution in [0.3, 0.4) is 0 Å². The van der Waals surface area contributed by atoms with Crippen molar-refractivity contribution in [1.29, 1.82) is 0 Å². The molecule has 2 aliphatic heterocycles. The van der Waals surface area contributed by atoms with Gasteiger partial charge in [-0.3, -0.25) is 0 Å². The van der Waals surface area contributed by atoms with Crippen molar-refractivity contribution in [3.63, 3.8) is 0 Å². The zero-order valence-corrected chi connectivity index (χ0v) is 16.0. The van der Waals surface area contributed by atoms with E-state index in [0.717, 1.165) is 37.2 Å². The first-order chi connectivity index (χ1) is 13.5. The van der Waals surface area contributed by atoms with Gasteiger partial charge in [-0.15, -0.1) is 0 Å². The lowest BCUT2D eigenvalue weighted by Crippen LogP contribution is -2.42. The monoisotopic (exact) mass is 381 g/mol. The molecule has 4 unspecified atom stereocenters. The maximum absolute atomic E-state index is 11.8. The summed E-state index contributed by atoms with van der Waals surface area (Å²) < 4.78 is 5.20. The highest BCUT2D eigenvalue weighted by molar-refractivity contribution is 5.68. The van der Waals surface area contributed by atoms with E-state index in [-0.39, 0.29) is 12.5 Å². The molecule has 5 heteroatoms. The molecule has 2 aromatic rings. The first kappa shape index (κ1) is 19.0. The Labute approximate surface area is 165 Å². The van der Waals surface area contributed by atoms with Crippen LogP contribution in [-0.2, 0) is 16.8 Å². The summed E-state index contributed by atoms with van der Waals surface area (Å²) in [6.07, 6.45) is 2.60. The largest absolute Gasteiger partial charge is 0.482 e. The fourth-order valence-electron chi connectivity index (χ4n) is 4.83. The summed E-state index contributed by atoms with van der Waals surface area (Å²) in [7, 11) is 0. The highest BCUT2D eigenvalue weighted by Gasteiger charge is 2.49. The maximum atomic E-state index is 11.8. The van der Waals surface area contributed by atoms with Gasteiger partial charge in [0.05, 0.1) is 5.60 Å². The molecule has 0 spiro atoms. The van der Waals surface area contributed by atoms with E-state index >= 15 is 0 Å². The second kappa shape index (κ2) is 7.94. The summed E-state index contributed by atoms with van der Waals surface area (Å²) in [6.45, 7) is 2.89. The number of aliphatic hydroxyl groups is 1. The van der Waals surface area contributed by atoms with Gasteiger partial charge in [0.1, 0.15) is 5.75 Å². The van der Waals surface area contributed by atoms with Crippen LogP contribution in [0.1, 0.15) is 24.0 Å². The number of carboxylic acids is 1. The number of hydrogen-bond donors (Lipinski definition) is 2. The lowest BCUT2D eigenvalue weighted by molar-refractivity contribution is -0.139. The minimum Gasteiger partial charge on any atom is -0.482 e. The SMILES string of the molecule is O=C(O)COc1ccc(CCC(O)(c2ccccc2)C2CN3CCC2C3)cc1. The Kier molecular flexibility index (Phi) is 5.38. The molecule has 2 aromatic carbocycles. The van der Waals surface area contributed by atoms with Crippen LogP contribution in [0, 0.1) is 11.8 Å². The molecular weight excluding hydrogens is 354 g/mol. The molecule has 148 valence electrons. The Bertz CT molecular complexity index is 807. The molecule has 0 amide bonds. The Balaban J connectivity index is 1.48. The number of fused-ring (bicyclic) bond motifs is 2. The lowest BCUT2D eigenvalue weighted by Gasteiger charge is -2.39. The van der Waals surface area contributed by atoms with Crippen molar-refractivity contribution >= 4 is 5.97 Å². The van der Waals surface area contributed by atoms with Gasteiger partial charge in [0.15, 0.2) is 6.61 Å². The molecule has 28 heavy (non-hydrogen) atoms. The fourth-order valence-corrected chi connectivity index (χ4v) is 4.83. The average molecular weight is 381 g/mol. The predicted molar refractivity (Wildman–Crippen MR) is 106 cm³/mol. The van der Waals surface area contributed by atoms with Crippen LogP contribution in [-0.4, -0.2) is 47.3 Å². The van der Waals surface area contributed by atoms with E-state index in [1.165, 1.54) is 6.42 Å². The van der Waals surface area contributed by atoms with E-state index in [1.807, 2.05) is 42.5 Å². The Morgan fingerprint density at radius 3 is 2.46 bits per heavy atom. The second-order valence-electron chi connectivity index (χ2n) is 8.03. The number of nitrogens with zero attached hydrogens (tertiary/aromatic N) is 1.